The topological polar surface area (TPSA) is 83.0 Å². The number of hydrogen-bond donors (Lipinski definition) is 2. The summed E-state index contributed by atoms with van der Waals surface area (Å²) in [6, 6.07) is 3.60. The van der Waals surface area contributed by atoms with E-state index in [1.165, 1.54) is 18.4 Å². The summed E-state index contributed by atoms with van der Waals surface area (Å²) in [5, 5.41) is 6.49. The summed E-state index contributed by atoms with van der Waals surface area (Å²) in [6.45, 7) is 4.72. The second-order valence-corrected chi connectivity index (χ2v) is 10.3. The summed E-state index contributed by atoms with van der Waals surface area (Å²) in [4.78, 5) is 6.45. The summed E-state index contributed by atoms with van der Waals surface area (Å²) in [5.41, 5.74) is 0.376. The van der Waals surface area contributed by atoms with Gasteiger partial charge in [0.25, 0.3) is 0 Å². The van der Waals surface area contributed by atoms with Crippen LogP contribution in [-0.4, -0.2) is 70.8 Å². The van der Waals surface area contributed by atoms with Crippen LogP contribution in [0.25, 0.3) is 0 Å². The molecule has 0 aromatic heterocycles. The Kier molecular flexibility index (Phi) is 9.31. The maximum absolute atomic E-state index is 14.1. The zero-order chi connectivity index (χ0) is 21.8. The lowest BCUT2D eigenvalue weighted by Gasteiger charge is -2.34. The van der Waals surface area contributed by atoms with Crippen LogP contribution in [0.5, 0.6) is 0 Å². The molecule has 1 aromatic carbocycles. The van der Waals surface area contributed by atoms with Crippen LogP contribution in [0.2, 0.25) is 0 Å². The number of guanidine groups is 1. The van der Waals surface area contributed by atoms with Gasteiger partial charge in [0.1, 0.15) is 11.6 Å². The first-order valence-electron chi connectivity index (χ1n) is 10.3. The van der Waals surface area contributed by atoms with E-state index in [9.17, 15) is 17.2 Å². The van der Waals surface area contributed by atoms with Crippen molar-refractivity contribution in [2.75, 3.05) is 50.5 Å². The minimum Gasteiger partial charge on any atom is -0.381 e. The van der Waals surface area contributed by atoms with Gasteiger partial charge in [-0.15, -0.1) is 24.0 Å². The van der Waals surface area contributed by atoms with E-state index < -0.39 is 26.2 Å². The zero-order valence-electron chi connectivity index (χ0n) is 17.9. The number of aliphatic imine (C=N–C) groups is 1. The van der Waals surface area contributed by atoms with Crippen molar-refractivity contribution in [3.05, 3.63) is 29.8 Å². The minimum atomic E-state index is -3.30. The zero-order valence-corrected chi connectivity index (χ0v) is 21.0. The molecule has 2 aliphatic heterocycles. The molecule has 2 fully saturated rings. The highest BCUT2D eigenvalue weighted by molar-refractivity contribution is 14.0. The lowest BCUT2D eigenvalue weighted by Crippen LogP contribution is -2.49. The van der Waals surface area contributed by atoms with Gasteiger partial charge in [0.15, 0.2) is 15.8 Å². The van der Waals surface area contributed by atoms with Gasteiger partial charge >= 0.3 is 0 Å². The van der Waals surface area contributed by atoms with Gasteiger partial charge in [0.05, 0.1) is 17.0 Å². The largest absolute Gasteiger partial charge is 0.381 e. The molecule has 1 unspecified atom stereocenters. The molecule has 2 N–H and O–H groups in total. The summed E-state index contributed by atoms with van der Waals surface area (Å²) in [5.74, 6) is -0.635. The van der Waals surface area contributed by atoms with Gasteiger partial charge < -0.3 is 20.3 Å². The van der Waals surface area contributed by atoms with Gasteiger partial charge in [-0.05, 0) is 38.3 Å². The second kappa shape index (κ2) is 11.1. The monoisotopic (exact) mass is 572 g/mol. The number of hydrogen-bond acceptors (Lipinski definition) is 5. The molecule has 0 spiro atoms. The first kappa shape index (κ1) is 26.0. The van der Waals surface area contributed by atoms with Gasteiger partial charge in [-0.1, -0.05) is 0 Å². The lowest BCUT2D eigenvalue weighted by molar-refractivity contribution is 0.0768. The van der Waals surface area contributed by atoms with Gasteiger partial charge in [-0.2, -0.15) is 0 Å². The summed E-state index contributed by atoms with van der Waals surface area (Å²) in [6.07, 6.45) is 2.87. The fraction of sp³-hybridized carbons (Fsp3) is 0.650. The highest BCUT2D eigenvalue weighted by atomic mass is 127. The maximum atomic E-state index is 14.1. The number of sulfone groups is 1. The van der Waals surface area contributed by atoms with Crippen molar-refractivity contribution in [1.29, 1.82) is 0 Å². The van der Waals surface area contributed by atoms with Gasteiger partial charge in [-0.25, -0.2) is 17.2 Å². The molecule has 1 aromatic rings. The Hall–Kier alpha value is -1.21. The fourth-order valence-electron chi connectivity index (χ4n) is 3.96. The number of benzene rings is 1. The average molecular weight is 572 g/mol. The van der Waals surface area contributed by atoms with Crippen LogP contribution in [0.1, 0.15) is 26.2 Å². The number of nitrogens with zero attached hydrogens (tertiary/aromatic N) is 2. The average Bonchev–Trinajstić information content (AvgIpc) is 3.14. The Bertz CT molecular complexity index is 879. The van der Waals surface area contributed by atoms with E-state index in [1.807, 2.05) is 11.8 Å². The van der Waals surface area contributed by atoms with Crippen molar-refractivity contribution in [1.82, 2.24) is 10.6 Å². The molecule has 31 heavy (non-hydrogen) atoms. The molecule has 2 aliphatic rings. The van der Waals surface area contributed by atoms with E-state index in [4.69, 9.17) is 4.74 Å². The number of anilines is 1. The van der Waals surface area contributed by atoms with Crippen molar-refractivity contribution in [2.45, 2.75) is 37.0 Å². The van der Waals surface area contributed by atoms with Crippen molar-refractivity contribution < 1.29 is 21.9 Å². The Morgan fingerprint density at radius 3 is 2.65 bits per heavy atom. The molecule has 7 nitrogen and oxygen atoms in total. The standard InChI is InChI=1S/C20H30F2N4O3S.HI/c1-3-23-19(24-14-20(30(2,27)28)7-10-29-11-8-20)25-16-6-9-26(13-16)18-5-4-15(21)12-17(18)22;/h4-5,12,16H,3,6-11,13-14H2,1-2H3,(H2,23,24,25);1H. The fourth-order valence-corrected chi connectivity index (χ4v) is 5.17. The molecule has 176 valence electrons. The van der Waals surface area contributed by atoms with Crippen LogP contribution >= 0.6 is 24.0 Å². The summed E-state index contributed by atoms with van der Waals surface area (Å²) in [7, 11) is -3.30. The molecule has 0 aliphatic carbocycles. The molecular weight excluding hydrogens is 541 g/mol. The van der Waals surface area contributed by atoms with Gasteiger partial charge in [-0.3, -0.25) is 4.99 Å². The van der Waals surface area contributed by atoms with Crippen molar-refractivity contribution >= 4 is 45.5 Å². The van der Waals surface area contributed by atoms with Crippen molar-refractivity contribution in [3.63, 3.8) is 0 Å². The molecule has 3 rings (SSSR count). The Balaban J connectivity index is 0.00000341. The molecule has 0 radical (unpaired) electrons. The number of ether oxygens (including phenoxy) is 1. The molecule has 0 saturated carbocycles. The van der Waals surface area contributed by atoms with E-state index in [0.717, 1.165) is 12.5 Å². The number of nitrogens with one attached hydrogen (secondary N) is 2. The normalized spacial score (nSPS) is 21.5. The SMILES string of the molecule is CCNC(=NCC1(S(C)(=O)=O)CCOCC1)NC1CCN(c2ccc(F)cc2F)C1.I. The molecule has 11 heteroatoms. The van der Waals surface area contributed by atoms with Crippen molar-refractivity contribution in [2.24, 2.45) is 4.99 Å². The van der Waals surface area contributed by atoms with E-state index in [-0.39, 0.29) is 36.6 Å². The number of halogens is 3. The molecule has 0 bridgehead atoms. The smallest absolute Gasteiger partial charge is 0.191 e. The first-order chi connectivity index (χ1) is 14.2. The van der Waals surface area contributed by atoms with Crippen LogP contribution < -0.4 is 15.5 Å². The predicted octanol–water partition coefficient (Wildman–Crippen LogP) is 2.31. The van der Waals surface area contributed by atoms with E-state index in [1.54, 1.807) is 0 Å². The van der Waals surface area contributed by atoms with E-state index in [2.05, 4.69) is 15.6 Å². The summed E-state index contributed by atoms with van der Waals surface area (Å²) >= 11 is 0. The van der Waals surface area contributed by atoms with Gasteiger partial charge in [0.2, 0.25) is 0 Å². The predicted molar refractivity (Wildman–Crippen MR) is 129 cm³/mol. The molecular formula is C20H31F2IN4O3S. The van der Waals surface area contributed by atoms with Crippen LogP contribution in [-0.2, 0) is 14.6 Å². The van der Waals surface area contributed by atoms with E-state index in [0.29, 0.717) is 57.3 Å². The molecule has 0 amide bonds. The van der Waals surface area contributed by atoms with Crippen LogP contribution in [0.4, 0.5) is 14.5 Å². The van der Waals surface area contributed by atoms with Crippen molar-refractivity contribution in [3.8, 4) is 0 Å². The molecule has 2 heterocycles. The quantitative estimate of drug-likeness (QED) is 0.310. The summed E-state index contributed by atoms with van der Waals surface area (Å²) < 4.78 is 56.6. The third-order valence-electron chi connectivity index (χ3n) is 5.84. The number of rotatable bonds is 6. The van der Waals surface area contributed by atoms with Gasteiger partial charge in [0, 0.05) is 51.2 Å². The van der Waals surface area contributed by atoms with Crippen LogP contribution in [0.3, 0.4) is 0 Å². The molecule has 1 atom stereocenters. The first-order valence-corrected chi connectivity index (χ1v) is 12.2. The lowest BCUT2D eigenvalue weighted by atomic mass is 9.99. The highest BCUT2D eigenvalue weighted by Crippen LogP contribution is 2.30. The van der Waals surface area contributed by atoms with Crippen LogP contribution in [0.15, 0.2) is 23.2 Å². The van der Waals surface area contributed by atoms with E-state index >= 15 is 0 Å². The Labute approximate surface area is 199 Å². The minimum absolute atomic E-state index is 0. The van der Waals surface area contributed by atoms with Crippen LogP contribution in [0, 0.1) is 11.6 Å². The Morgan fingerprint density at radius 1 is 1.32 bits per heavy atom. The molecule has 2 saturated heterocycles. The Morgan fingerprint density at radius 2 is 2.03 bits per heavy atom. The third kappa shape index (κ3) is 6.41. The highest BCUT2D eigenvalue weighted by Gasteiger charge is 2.42. The third-order valence-corrected chi connectivity index (χ3v) is 7.95. The maximum Gasteiger partial charge on any atom is 0.191 e. The second-order valence-electron chi connectivity index (χ2n) is 7.93.